The van der Waals surface area contributed by atoms with Crippen molar-refractivity contribution in [2.75, 3.05) is 13.2 Å². The highest BCUT2D eigenvalue weighted by Gasteiger charge is 2.70. The third-order valence-electron chi connectivity index (χ3n) is 13.5. The maximum atomic E-state index is 11.7. The van der Waals surface area contributed by atoms with Crippen LogP contribution in [0.3, 0.4) is 0 Å². The van der Waals surface area contributed by atoms with E-state index in [0.29, 0.717) is 18.8 Å². The average Bonchev–Trinajstić information content (AvgIpc) is 2.78. The van der Waals surface area contributed by atoms with E-state index in [1.165, 1.54) is 5.57 Å². The Morgan fingerprint density at radius 3 is 2.09 bits per heavy atom. The molecule has 5 aliphatic rings. The molecule has 0 heterocycles. The van der Waals surface area contributed by atoms with Gasteiger partial charge in [-0.05, 0) is 90.8 Å². The number of allylic oxidation sites excluding steroid dienone is 2. The topological polar surface area (TPSA) is 101 Å². The number of hydrogen-bond donors (Lipinski definition) is 5. The fourth-order valence-corrected chi connectivity index (χ4v) is 10.7. The zero-order valence-electron chi connectivity index (χ0n) is 22.8. The molecule has 4 fully saturated rings. The Labute approximate surface area is 212 Å². The van der Waals surface area contributed by atoms with Gasteiger partial charge in [-0.15, -0.1) is 0 Å². The summed E-state index contributed by atoms with van der Waals surface area (Å²) in [7, 11) is 0. The van der Waals surface area contributed by atoms with Crippen molar-refractivity contribution in [3.8, 4) is 0 Å². The van der Waals surface area contributed by atoms with Crippen LogP contribution in [0.4, 0.5) is 0 Å². The molecule has 2 unspecified atom stereocenters. The van der Waals surface area contributed by atoms with Crippen molar-refractivity contribution in [2.24, 2.45) is 50.2 Å². The summed E-state index contributed by atoms with van der Waals surface area (Å²) >= 11 is 0. The second-order valence-electron chi connectivity index (χ2n) is 15.1. The molecule has 11 atom stereocenters. The van der Waals surface area contributed by atoms with Crippen LogP contribution in [0.15, 0.2) is 11.6 Å². The zero-order chi connectivity index (χ0) is 25.8. The Balaban J connectivity index is 1.61. The number of rotatable bonds is 2. The van der Waals surface area contributed by atoms with Crippen LogP contribution in [0.5, 0.6) is 0 Å². The summed E-state index contributed by atoms with van der Waals surface area (Å²) in [5.41, 5.74) is -0.159. The van der Waals surface area contributed by atoms with Crippen molar-refractivity contribution in [3.05, 3.63) is 11.6 Å². The lowest BCUT2D eigenvalue weighted by molar-refractivity contribution is -0.232. The van der Waals surface area contributed by atoms with Crippen molar-refractivity contribution in [1.82, 2.24) is 0 Å². The zero-order valence-corrected chi connectivity index (χ0v) is 22.8. The summed E-state index contributed by atoms with van der Waals surface area (Å²) in [5, 5.41) is 54.7. The smallest absolute Gasteiger partial charge is 0.0633 e. The Bertz CT molecular complexity index is 899. The summed E-state index contributed by atoms with van der Waals surface area (Å²) < 4.78 is 0. The Kier molecular flexibility index (Phi) is 5.82. The van der Waals surface area contributed by atoms with E-state index in [1.807, 2.05) is 0 Å². The van der Waals surface area contributed by atoms with Gasteiger partial charge in [0.1, 0.15) is 0 Å². The highest BCUT2D eigenvalue weighted by Crippen LogP contribution is 2.75. The lowest BCUT2D eigenvalue weighted by Gasteiger charge is -2.72. The van der Waals surface area contributed by atoms with Crippen molar-refractivity contribution in [1.29, 1.82) is 0 Å². The van der Waals surface area contributed by atoms with Crippen LogP contribution in [-0.2, 0) is 0 Å². The van der Waals surface area contributed by atoms with Gasteiger partial charge in [0.2, 0.25) is 0 Å². The molecular formula is C30H50O5. The van der Waals surface area contributed by atoms with Crippen molar-refractivity contribution in [2.45, 2.75) is 111 Å². The van der Waals surface area contributed by atoms with Gasteiger partial charge in [0, 0.05) is 10.8 Å². The number of fused-ring (bicyclic) bond motifs is 7. The van der Waals surface area contributed by atoms with Crippen molar-refractivity contribution < 1.29 is 25.5 Å². The lowest BCUT2D eigenvalue weighted by Crippen LogP contribution is -2.68. The SMILES string of the molecule is CC1(C)C[C@H]2C3=CC[C@@H]4[C@](C)(CCC5C(C)(CO)[C@H](O)CC[C@]54C)[C@@]3(C)C[C@@H](O)[C@]2(CO)C[C@H]1O. The normalized spacial score (nSPS) is 57.3. The van der Waals surface area contributed by atoms with E-state index < -0.39 is 29.1 Å². The minimum absolute atomic E-state index is 0.0101. The Morgan fingerprint density at radius 1 is 0.771 bits per heavy atom. The molecule has 0 bridgehead atoms. The average molecular weight is 491 g/mol. The molecule has 0 aliphatic heterocycles. The third kappa shape index (κ3) is 3.05. The molecule has 5 aliphatic carbocycles. The number of aliphatic hydroxyl groups excluding tert-OH is 5. The van der Waals surface area contributed by atoms with Gasteiger partial charge in [-0.3, -0.25) is 0 Å². The molecule has 4 saturated carbocycles. The molecule has 0 aromatic rings. The third-order valence-corrected chi connectivity index (χ3v) is 13.5. The first-order valence-corrected chi connectivity index (χ1v) is 14.1. The largest absolute Gasteiger partial charge is 0.396 e. The van der Waals surface area contributed by atoms with Crippen molar-refractivity contribution >= 4 is 0 Å². The van der Waals surface area contributed by atoms with E-state index in [-0.39, 0.29) is 46.7 Å². The first-order valence-electron chi connectivity index (χ1n) is 14.1. The summed E-state index contributed by atoms with van der Waals surface area (Å²) in [6.45, 7) is 13.5. The summed E-state index contributed by atoms with van der Waals surface area (Å²) in [6, 6.07) is 0. The van der Waals surface area contributed by atoms with Crippen LogP contribution in [-0.4, -0.2) is 57.1 Å². The minimum atomic E-state index is -0.672. The molecule has 0 spiro atoms. The molecule has 0 amide bonds. The molecule has 5 rings (SSSR count). The van der Waals surface area contributed by atoms with Crippen LogP contribution in [0.1, 0.15) is 92.9 Å². The van der Waals surface area contributed by atoms with E-state index >= 15 is 0 Å². The first kappa shape index (κ1) is 26.2. The Hall–Kier alpha value is -0.460. The van der Waals surface area contributed by atoms with Gasteiger partial charge < -0.3 is 25.5 Å². The highest BCUT2D eigenvalue weighted by molar-refractivity contribution is 5.35. The summed E-state index contributed by atoms with van der Waals surface area (Å²) in [4.78, 5) is 0. The van der Waals surface area contributed by atoms with Crippen LogP contribution >= 0.6 is 0 Å². The van der Waals surface area contributed by atoms with E-state index in [9.17, 15) is 25.5 Å². The van der Waals surface area contributed by atoms with Gasteiger partial charge in [-0.2, -0.15) is 0 Å². The van der Waals surface area contributed by atoms with Gasteiger partial charge in [0.05, 0.1) is 31.5 Å². The maximum absolute atomic E-state index is 11.7. The van der Waals surface area contributed by atoms with Gasteiger partial charge >= 0.3 is 0 Å². The predicted molar refractivity (Wildman–Crippen MR) is 136 cm³/mol. The second kappa shape index (κ2) is 7.79. The monoisotopic (exact) mass is 490 g/mol. The number of hydrogen-bond acceptors (Lipinski definition) is 5. The fraction of sp³-hybridized carbons (Fsp3) is 0.933. The van der Waals surface area contributed by atoms with Gasteiger partial charge in [-0.25, -0.2) is 0 Å². The van der Waals surface area contributed by atoms with Crippen LogP contribution in [0.2, 0.25) is 0 Å². The van der Waals surface area contributed by atoms with Crippen LogP contribution < -0.4 is 0 Å². The van der Waals surface area contributed by atoms with Gasteiger partial charge in [0.15, 0.2) is 0 Å². The molecular weight excluding hydrogens is 440 g/mol. The molecule has 0 saturated heterocycles. The maximum Gasteiger partial charge on any atom is 0.0633 e. The summed E-state index contributed by atoms with van der Waals surface area (Å²) in [6.07, 6.45) is 7.36. The standard InChI is InChI=1S/C30H50O5/c1-25(2)13-19-18-7-8-21-26(3)11-10-22(33)27(4,16-31)20(26)9-12-28(21,5)29(18,6)14-24(35)30(19,17-32)15-23(25)34/h7,19-24,31-35H,8-17H2,1-6H3/t19-,20?,21-,22+,23+,24+,26+,27?,28-,29-,30-/m0/s1. The van der Waals surface area contributed by atoms with Crippen LogP contribution in [0, 0.1) is 50.2 Å². The molecule has 5 nitrogen and oxygen atoms in total. The molecule has 5 heteroatoms. The first-order chi connectivity index (χ1) is 16.2. The molecule has 35 heavy (non-hydrogen) atoms. The van der Waals surface area contributed by atoms with E-state index in [4.69, 9.17) is 0 Å². The molecule has 0 aromatic heterocycles. The molecule has 0 aromatic carbocycles. The lowest BCUT2D eigenvalue weighted by atomic mass is 9.33. The van der Waals surface area contributed by atoms with Crippen LogP contribution in [0.25, 0.3) is 0 Å². The second-order valence-corrected chi connectivity index (χ2v) is 15.1. The molecule has 200 valence electrons. The van der Waals surface area contributed by atoms with E-state index in [1.54, 1.807) is 0 Å². The fourth-order valence-electron chi connectivity index (χ4n) is 10.7. The van der Waals surface area contributed by atoms with Gasteiger partial charge in [-0.1, -0.05) is 53.2 Å². The molecule has 0 radical (unpaired) electrons. The minimum Gasteiger partial charge on any atom is -0.396 e. The van der Waals surface area contributed by atoms with Crippen molar-refractivity contribution in [3.63, 3.8) is 0 Å². The van der Waals surface area contributed by atoms with E-state index in [2.05, 4.69) is 47.6 Å². The highest BCUT2D eigenvalue weighted by atomic mass is 16.3. The quantitative estimate of drug-likeness (QED) is 0.376. The molecule has 5 N–H and O–H groups in total. The number of aliphatic hydroxyl groups is 5. The summed E-state index contributed by atoms with van der Waals surface area (Å²) in [5.74, 6) is 0.755. The van der Waals surface area contributed by atoms with Gasteiger partial charge in [0.25, 0.3) is 0 Å². The predicted octanol–water partition coefficient (Wildman–Crippen LogP) is 4.06. The Morgan fingerprint density at radius 2 is 1.46 bits per heavy atom. The van der Waals surface area contributed by atoms with E-state index in [0.717, 1.165) is 38.5 Å².